The molecule has 0 fully saturated rings. The molecule has 1 atom stereocenters. The van der Waals surface area contributed by atoms with Crippen molar-refractivity contribution in [3.8, 4) is 5.75 Å². The molecule has 0 saturated heterocycles. The number of carbonyl (C=O) groups excluding carboxylic acids is 1. The van der Waals surface area contributed by atoms with Gasteiger partial charge in [-0.25, -0.2) is 0 Å². The van der Waals surface area contributed by atoms with Gasteiger partial charge < -0.3 is 8.98 Å². The average Bonchev–Trinajstić information content (AvgIpc) is 2.46. The van der Waals surface area contributed by atoms with Gasteiger partial charge in [0.2, 0.25) is 0 Å². The first kappa shape index (κ1) is 14.3. The van der Waals surface area contributed by atoms with E-state index in [1.54, 1.807) is 60.7 Å². The third-order valence-electron chi connectivity index (χ3n) is 2.79. The van der Waals surface area contributed by atoms with Crippen molar-refractivity contribution in [2.24, 2.45) is 0 Å². The smallest absolute Gasteiger partial charge is 0.316 e. The van der Waals surface area contributed by atoms with E-state index >= 15 is 0 Å². The summed E-state index contributed by atoms with van der Waals surface area (Å²) in [5.41, 5.74) is 0.538. The minimum absolute atomic E-state index is 0.140. The Morgan fingerprint density at radius 3 is 2.05 bits per heavy atom. The molecule has 0 radical (unpaired) electrons. The molecule has 0 bridgehead atoms. The molecule has 0 amide bonds. The fraction of sp³-hybridized carbons (Fsp3) is 0.133. The van der Waals surface area contributed by atoms with Gasteiger partial charge in [-0.15, -0.1) is 0 Å². The van der Waals surface area contributed by atoms with Gasteiger partial charge >= 0.3 is 10.1 Å². The molecule has 5 heteroatoms. The van der Waals surface area contributed by atoms with E-state index in [1.807, 2.05) is 0 Å². The number of rotatable bonds is 6. The van der Waals surface area contributed by atoms with E-state index in [-0.39, 0.29) is 12.2 Å². The molecule has 0 aromatic heterocycles. The summed E-state index contributed by atoms with van der Waals surface area (Å²) in [7, 11) is -3.92. The largest absolute Gasteiger partial charge is 0.382 e. The molecule has 1 unspecified atom stereocenters. The fourth-order valence-corrected chi connectivity index (χ4v) is 3.14. The zero-order valence-electron chi connectivity index (χ0n) is 10.7. The summed E-state index contributed by atoms with van der Waals surface area (Å²) >= 11 is 0. The Morgan fingerprint density at radius 2 is 1.50 bits per heavy atom. The molecule has 0 aliphatic rings. The number of para-hydroxylation sites is 1. The lowest BCUT2D eigenvalue weighted by Gasteiger charge is -2.16. The van der Waals surface area contributed by atoms with Gasteiger partial charge in [-0.3, -0.25) is 0 Å². The highest BCUT2D eigenvalue weighted by molar-refractivity contribution is 7.87. The van der Waals surface area contributed by atoms with E-state index in [2.05, 4.69) is 0 Å². The van der Waals surface area contributed by atoms with Crippen LogP contribution in [0.2, 0.25) is 0 Å². The standard InChI is InChI=1S/C15H14O4S/c16-12-11-15(13-7-3-1-4-8-13)20(17,18)19-14-9-5-2-6-10-14/h1-10,12,15H,11H2. The minimum atomic E-state index is -3.92. The van der Waals surface area contributed by atoms with Crippen LogP contribution in [0.3, 0.4) is 0 Å². The summed E-state index contributed by atoms with van der Waals surface area (Å²) in [6, 6.07) is 16.8. The molecule has 104 valence electrons. The van der Waals surface area contributed by atoms with Gasteiger partial charge in [-0.2, -0.15) is 8.42 Å². The van der Waals surface area contributed by atoms with Crippen LogP contribution >= 0.6 is 0 Å². The van der Waals surface area contributed by atoms with Crippen LogP contribution in [0.15, 0.2) is 60.7 Å². The first-order valence-electron chi connectivity index (χ1n) is 6.10. The van der Waals surface area contributed by atoms with Gasteiger partial charge in [0.1, 0.15) is 17.3 Å². The first-order valence-corrected chi connectivity index (χ1v) is 7.57. The molecular formula is C15H14O4S. The molecule has 0 heterocycles. The Kier molecular flexibility index (Phi) is 4.53. The summed E-state index contributed by atoms with van der Waals surface area (Å²) < 4.78 is 29.7. The monoisotopic (exact) mass is 290 g/mol. The quantitative estimate of drug-likeness (QED) is 0.606. The molecule has 0 saturated carbocycles. The van der Waals surface area contributed by atoms with E-state index in [4.69, 9.17) is 4.18 Å². The predicted octanol–water partition coefficient (Wildman–Crippen LogP) is 2.73. The highest BCUT2D eigenvalue weighted by Crippen LogP contribution is 2.27. The van der Waals surface area contributed by atoms with E-state index in [0.717, 1.165) is 0 Å². The summed E-state index contributed by atoms with van der Waals surface area (Å²) in [5, 5.41) is -0.999. The van der Waals surface area contributed by atoms with Crippen LogP contribution in [0.1, 0.15) is 17.2 Å². The molecule has 20 heavy (non-hydrogen) atoms. The van der Waals surface area contributed by atoms with Crippen molar-refractivity contribution in [2.75, 3.05) is 0 Å². The fourth-order valence-electron chi connectivity index (χ4n) is 1.84. The van der Waals surface area contributed by atoms with E-state index in [1.165, 1.54) is 0 Å². The third kappa shape index (κ3) is 3.45. The minimum Gasteiger partial charge on any atom is -0.382 e. The van der Waals surface area contributed by atoms with Crippen molar-refractivity contribution in [1.82, 2.24) is 0 Å². The Bertz CT molecular complexity index is 651. The SMILES string of the molecule is O=CCC(c1ccccc1)S(=O)(=O)Oc1ccccc1. The van der Waals surface area contributed by atoms with E-state index in [0.29, 0.717) is 11.8 Å². The molecule has 0 aliphatic carbocycles. The highest BCUT2D eigenvalue weighted by atomic mass is 32.2. The van der Waals surface area contributed by atoms with E-state index in [9.17, 15) is 13.2 Å². The summed E-state index contributed by atoms with van der Waals surface area (Å²) in [6.45, 7) is 0. The van der Waals surface area contributed by atoms with E-state index < -0.39 is 15.4 Å². The van der Waals surface area contributed by atoms with Crippen molar-refractivity contribution in [2.45, 2.75) is 11.7 Å². The van der Waals surface area contributed by atoms with Gasteiger partial charge in [0, 0.05) is 6.42 Å². The molecule has 2 aromatic rings. The van der Waals surface area contributed by atoms with Gasteiger partial charge in [0.15, 0.2) is 0 Å². The topological polar surface area (TPSA) is 60.4 Å². The summed E-state index contributed by atoms with van der Waals surface area (Å²) in [4.78, 5) is 10.8. The highest BCUT2D eigenvalue weighted by Gasteiger charge is 2.28. The summed E-state index contributed by atoms with van der Waals surface area (Å²) in [6.07, 6.45) is 0.447. The number of aldehydes is 1. The molecule has 0 N–H and O–H groups in total. The van der Waals surface area contributed by atoms with Gasteiger partial charge in [-0.05, 0) is 17.7 Å². The van der Waals surface area contributed by atoms with Crippen molar-refractivity contribution in [1.29, 1.82) is 0 Å². The second-order valence-electron chi connectivity index (χ2n) is 4.19. The van der Waals surface area contributed by atoms with Crippen LogP contribution in [0.5, 0.6) is 5.75 Å². The average molecular weight is 290 g/mol. The van der Waals surface area contributed by atoms with Crippen LogP contribution in [-0.2, 0) is 14.9 Å². The lowest BCUT2D eigenvalue weighted by atomic mass is 10.1. The molecular weight excluding hydrogens is 276 g/mol. The Balaban J connectivity index is 2.31. The maximum atomic E-state index is 12.3. The van der Waals surface area contributed by atoms with Crippen molar-refractivity contribution >= 4 is 16.4 Å². The zero-order valence-corrected chi connectivity index (χ0v) is 11.5. The van der Waals surface area contributed by atoms with Crippen LogP contribution in [0, 0.1) is 0 Å². The third-order valence-corrected chi connectivity index (χ3v) is 4.37. The Labute approximate surface area is 118 Å². The van der Waals surface area contributed by atoms with Crippen LogP contribution in [0.4, 0.5) is 0 Å². The molecule has 0 spiro atoms. The van der Waals surface area contributed by atoms with Crippen LogP contribution < -0.4 is 4.18 Å². The number of hydrogen-bond donors (Lipinski definition) is 0. The number of hydrogen-bond acceptors (Lipinski definition) is 4. The number of benzene rings is 2. The van der Waals surface area contributed by atoms with Crippen LogP contribution in [0.25, 0.3) is 0 Å². The molecule has 2 rings (SSSR count). The van der Waals surface area contributed by atoms with Crippen molar-refractivity contribution in [3.63, 3.8) is 0 Å². The van der Waals surface area contributed by atoms with Gasteiger partial charge in [0.25, 0.3) is 0 Å². The lowest BCUT2D eigenvalue weighted by Crippen LogP contribution is -2.19. The van der Waals surface area contributed by atoms with Crippen molar-refractivity contribution in [3.05, 3.63) is 66.2 Å². The molecule has 2 aromatic carbocycles. The Morgan fingerprint density at radius 1 is 0.950 bits per heavy atom. The molecule has 4 nitrogen and oxygen atoms in total. The predicted molar refractivity (Wildman–Crippen MR) is 75.9 cm³/mol. The van der Waals surface area contributed by atoms with Crippen molar-refractivity contribution < 1.29 is 17.4 Å². The Hall–Kier alpha value is -2.14. The molecule has 0 aliphatic heterocycles. The summed E-state index contributed by atoms with van der Waals surface area (Å²) in [5.74, 6) is 0.235. The number of carbonyl (C=O) groups is 1. The lowest BCUT2D eigenvalue weighted by molar-refractivity contribution is -0.107. The zero-order chi connectivity index (χ0) is 14.4. The second kappa shape index (κ2) is 6.34. The van der Waals surface area contributed by atoms with Crippen LogP contribution in [-0.4, -0.2) is 14.7 Å². The maximum absolute atomic E-state index is 12.3. The first-order chi connectivity index (χ1) is 9.63. The van der Waals surface area contributed by atoms with Gasteiger partial charge in [-0.1, -0.05) is 48.5 Å². The second-order valence-corrected chi connectivity index (χ2v) is 5.91. The normalized spacial score (nSPS) is 12.6. The maximum Gasteiger partial charge on any atom is 0.316 e. The van der Waals surface area contributed by atoms with Gasteiger partial charge in [0.05, 0.1) is 0 Å².